The van der Waals surface area contributed by atoms with Gasteiger partial charge in [-0.1, -0.05) is 6.92 Å². The maximum atomic E-state index is 12.2. The average molecular weight is 273 g/mol. The molecular formula is C14H19N5O. The molecule has 20 heavy (non-hydrogen) atoms. The van der Waals surface area contributed by atoms with Crippen LogP contribution in [0.2, 0.25) is 0 Å². The second-order valence-corrected chi connectivity index (χ2v) is 4.60. The minimum Gasteiger partial charge on any atom is -0.385 e. The van der Waals surface area contributed by atoms with Crippen molar-refractivity contribution in [3.63, 3.8) is 0 Å². The van der Waals surface area contributed by atoms with E-state index in [0.29, 0.717) is 17.9 Å². The molecule has 6 nitrogen and oxygen atoms in total. The molecule has 0 radical (unpaired) electrons. The summed E-state index contributed by atoms with van der Waals surface area (Å²) in [7, 11) is 1.74. The van der Waals surface area contributed by atoms with Crippen molar-refractivity contribution in [1.29, 1.82) is 0 Å². The number of rotatable bonds is 6. The van der Waals surface area contributed by atoms with E-state index in [9.17, 15) is 4.79 Å². The summed E-state index contributed by atoms with van der Waals surface area (Å²) >= 11 is 0. The van der Waals surface area contributed by atoms with E-state index < -0.39 is 0 Å². The van der Waals surface area contributed by atoms with Gasteiger partial charge in [-0.25, -0.2) is 4.98 Å². The lowest BCUT2D eigenvalue weighted by Gasteiger charge is -2.15. The molecule has 0 saturated carbocycles. The molecule has 0 saturated heterocycles. The third-order valence-electron chi connectivity index (χ3n) is 2.91. The molecule has 106 valence electrons. The normalized spacial score (nSPS) is 10.3. The number of hydrogen-bond donors (Lipinski definition) is 2. The molecule has 2 N–H and O–H groups in total. The summed E-state index contributed by atoms with van der Waals surface area (Å²) in [5.41, 5.74) is 1.69. The van der Waals surface area contributed by atoms with Gasteiger partial charge in [-0.05, 0) is 30.7 Å². The highest BCUT2D eigenvalue weighted by atomic mass is 16.2. The van der Waals surface area contributed by atoms with Gasteiger partial charge < -0.3 is 10.2 Å². The van der Waals surface area contributed by atoms with E-state index in [2.05, 4.69) is 27.4 Å². The van der Waals surface area contributed by atoms with Gasteiger partial charge in [0.05, 0.1) is 6.54 Å². The Morgan fingerprint density at radius 2 is 2.10 bits per heavy atom. The van der Waals surface area contributed by atoms with E-state index in [0.717, 1.165) is 18.7 Å². The number of hydrogen-bond acceptors (Lipinski definition) is 4. The molecule has 0 bridgehead atoms. The predicted molar refractivity (Wildman–Crippen MR) is 77.4 cm³/mol. The molecule has 0 fully saturated rings. The third kappa shape index (κ3) is 3.57. The Morgan fingerprint density at radius 3 is 2.70 bits per heavy atom. The summed E-state index contributed by atoms with van der Waals surface area (Å²) in [5.74, 6) is 0.630. The van der Waals surface area contributed by atoms with Gasteiger partial charge in [-0.15, -0.1) is 0 Å². The number of H-pyrrole nitrogens is 1. The van der Waals surface area contributed by atoms with Crippen LogP contribution in [0.15, 0.2) is 30.6 Å². The van der Waals surface area contributed by atoms with E-state index >= 15 is 0 Å². The Morgan fingerprint density at radius 1 is 1.35 bits per heavy atom. The molecule has 0 aliphatic heterocycles. The number of nitrogens with one attached hydrogen (secondary N) is 2. The zero-order valence-electron chi connectivity index (χ0n) is 11.8. The molecular weight excluding hydrogens is 254 g/mol. The van der Waals surface area contributed by atoms with Gasteiger partial charge in [0, 0.05) is 24.8 Å². The molecule has 2 rings (SSSR count). The van der Waals surface area contributed by atoms with Gasteiger partial charge in [0.1, 0.15) is 12.2 Å². The molecule has 0 atom stereocenters. The van der Waals surface area contributed by atoms with Crippen LogP contribution in [0.25, 0.3) is 0 Å². The maximum Gasteiger partial charge on any atom is 0.254 e. The summed E-state index contributed by atoms with van der Waals surface area (Å²) in [5, 5.41) is 9.78. The topological polar surface area (TPSA) is 73.9 Å². The number of carbonyl (C=O) groups is 1. The van der Waals surface area contributed by atoms with Crippen molar-refractivity contribution in [3.8, 4) is 0 Å². The Labute approximate surface area is 118 Å². The fraction of sp³-hybridized carbons (Fsp3) is 0.357. The largest absolute Gasteiger partial charge is 0.385 e. The van der Waals surface area contributed by atoms with Crippen molar-refractivity contribution in [1.82, 2.24) is 20.1 Å². The highest BCUT2D eigenvalue weighted by Gasteiger charge is 2.12. The predicted octanol–water partition coefficient (Wildman–Crippen LogP) is 1.90. The van der Waals surface area contributed by atoms with Crippen LogP contribution in [0.1, 0.15) is 29.5 Å². The highest BCUT2D eigenvalue weighted by Crippen LogP contribution is 2.12. The molecule has 1 heterocycles. The molecule has 0 unspecified atom stereocenters. The fourth-order valence-corrected chi connectivity index (χ4v) is 1.82. The van der Waals surface area contributed by atoms with Crippen molar-refractivity contribution in [2.75, 3.05) is 18.9 Å². The lowest BCUT2D eigenvalue weighted by molar-refractivity contribution is 0.0781. The second-order valence-electron chi connectivity index (χ2n) is 4.60. The summed E-state index contributed by atoms with van der Waals surface area (Å²) in [6, 6.07) is 7.50. The summed E-state index contributed by atoms with van der Waals surface area (Å²) in [4.78, 5) is 17.9. The first-order valence-electron chi connectivity index (χ1n) is 6.64. The van der Waals surface area contributed by atoms with Crippen molar-refractivity contribution < 1.29 is 4.79 Å². The lowest BCUT2D eigenvalue weighted by atomic mass is 10.2. The van der Waals surface area contributed by atoms with E-state index in [1.165, 1.54) is 6.33 Å². The van der Waals surface area contributed by atoms with E-state index in [-0.39, 0.29) is 5.91 Å². The maximum absolute atomic E-state index is 12.2. The first-order chi connectivity index (χ1) is 9.70. The number of carbonyl (C=O) groups excluding carboxylic acids is 1. The van der Waals surface area contributed by atoms with Crippen molar-refractivity contribution in [3.05, 3.63) is 42.0 Å². The molecule has 1 amide bonds. The van der Waals surface area contributed by atoms with Gasteiger partial charge in [0.15, 0.2) is 0 Å². The number of aromatic nitrogens is 3. The molecule has 1 aromatic carbocycles. The van der Waals surface area contributed by atoms with E-state index in [4.69, 9.17) is 0 Å². The molecule has 0 aliphatic carbocycles. The van der Waals surface area contributed by atoms with Crippen molar-refractivity contribution in [2.24, 2.45) is 0 Å². The minimum atomic E-state index is -0.0385. The Hall–Kier alpha value is -2.37. The number of benzene rings is 1. The van der Waals surface area contributed by atoms with Gasteiger partial charge >= 0.3 is 0 Å². The van der Waals surface area contributed by atoms with Crippen LogP contribution in [0.5, 0.6) is 0 Å². The van der Waals surface area contributed by atoms with Crippen LogP contribution in [0.3, 0.4) is 0 Å². The molecule has 0 aliphatic rings. The first kappa shape index (κ1) is 14.0. The molecule has 0 spiro atoms. The Balaban J connectivity index is 1.97. The summed E-state index contributed by atoms with van der Waals surface area (Å²) in [6.07, 6.45) is 2.50. The van der Waals surface area contributed by atoms with Crippen LogP contribution in [-0.4, -0.2) is 39.6 Å². The zero-order chi connectivity index (χ0) is 14.4. The van der Waals surface area contributed by atoms with Crippen LogP contribution >= 0.6 is 0 Å². The average Bonchev–Trinajstić information content (AvgIpc) is 2.97. The fourth-order valence-electron chi connectivity index (χ4n) is 1.82. The first-order valence-corrected chi connectivity index (χ1v) is 6.64. The van der Waals surface area contributed by atoms with Gasteiger partial charge in [-0.2, -0.15) is 5.10 Å². The van der Waals surface area contributed by atoms with Crippen molar-refractivity contribution >= 4 is 11.6 Å². The van der Waals surface area contributed by atoms with Crippen LogP contribution < -0.4 is 5.32 Å². The van der Waals surface area contributed by atoms with Crippen LogP contribution in [0.4, 0.5) is 5.69 Å². The Kier molecular flexibility index (Phi) is 4.70. The molecule has 6 heteroatoms. The number of aromatic amines is 1. The quantitative estimate of drug-likeness (QED) is 0.843. The van der Waals surface area contributed by atoms with E-state index in [1.807, 2.05) is 24.3 Å². The minimum absolute atomic E-state index is 0.0385. The SMILES string of the molecule is CCCNc1ccc(C(=O)N(C)Cc2ncn[nH]2)cc1. The number of amides is 1. The zero-order valence-corrected chi connectivity index (χ0v) is 11.8. The second kappa shape index (κ2) is 6.70. The van der Waals surface area contributed by atoms with Crippen LogP contribution in [-0.2, 0) is 6.54 Å². The lowest BCUT2D eigenvalue weighted by Crippen LogP contribution is -2.26. The summed E-state index contributed by atoms with van der Waals surface area (Å²) in [6.45, 7) is 3.46. The van der Waals surface area contributed by atoms with Crippen LogP contribution in [0, 0.1) is 0 Å². The standard InChI is InChI=1S/C14H19N5O/c1-3-8-15-12-6-4-11(5-7-12)14(20)19(2)9-13-16-10-17-18-13/h4-7,10,15H,3,8-9H2,1-2H3,(H,16,17,18). The van der Waals surface area contributed by atoms with Gasteiger partial charge in [0.25, 0.3) is 5.91 Å². The van der Waals surface area contributed by atoms with Gasteiger partial charge in [-0.3, -0.25) is 9.89 Å². The summed E-state index contributed by atoms with van der Waals surface area (Å²) < 4.78 is 0. The number of anilines is 1. The number of nitrogens with zero attached hydrogens (tertiary/aromatic N) is 3. The highest BCUT2D eigenvalue weighted by molar-refractivity contribution is 5.94. The molecule has 1 aromatic heterocycles. The van der Waals surface area contributed by atoms with Gasteiger partial charge in [0.2, 0.25) is 0 Å². The van der Waals surface area contributed by atoms with E-state index in [1.54, 1.807) is 11.9 Å². The monoisotopic (exact) mass is 273 g/mol. The van der Waals surface area contributed by atoms with Crippen molar-refractivity contribution in [2.45, 2.75) is 19.9 Å². The third-order valence-corrected chi connectivity index (χ3v) is 2.91. The molecule has 2 aromatic rings. The smallest absolute Gasteiger partial charge is 0.254 e. The Bertz CT molecular complexity index is 535.